The summed E-state index contributed by atoms with van der Waals surface area (Å²) in [4.78, 5) is 11.6. The fourth-order valence-corrected chi connectivity index (χ4v) is 4.92. The van der Waals surface area contributed by atoms with E-state index >= 15 is 0 Å². The van der Waals surface area contributed by atoms with E-state index in [4.69, 9.17) is 9.47 Å². The van der Waals surface area contributed by atoms with Crippen molar-refractivity contribution in [1.29, 1.82) is 5.26 Å². The Morgan fingerprint density at radius 2 is 1.89 bits per heavy atom. The van der Waals surface area contributed by atoms with Gasteiger partial charge in [0.25, 0.3) is 0 Å². The number of carbonyl (C=O) groups is 1. The van der Waals surface area contributed by atoms with Gasteiger partial charge in [-0.1, -0.05) is 36.4 Å². The van der Waals surface area contributed by atoms with Crippen LogP contribution in [0.3, 0.4) is 0 Å². The highest BCUT2D eigenvalue weighted by Gasteiger charge is 2.28. The fraction of sp³-hybridized carbons (Fsp3) is 0.517. The molecule has 0 spiro atoms. The molecule has 1 aliphatic carbocycles. The highest BCUT2D eigenvalue weighted by molar-refractivity contribution is 5.85. The van der Waals surface area contributed by atoms with Crippen molar-refractivity contribution in [2.75, 3.05) is 19.8 Å². The molecule has 0 unspecified atom stereocenters. The number of aliphatic hydroxyl groups is 1. The van der Waals surface area contributed by atoms with Crippen LogP contribution in [-0.2, 0) is 28.8 Å². The normalized spacial score (nSPS) is 13.9. The largest absolute Gasteiger partial charge is 0.489 e. The second-order valence-corrected chi connectivity index (χ2v) is 10.0. The Morgan fingerprint density at radius 3 is 2.53 bits per heavy atom. The Bertz CT molecular complexity index is 1010. The van der Waals surface area contributed by atoms with Crippen molar-refractivity contribution < 1.29 is 19.4 Å². The summed E-state index contributed by atoms with van der Waals surface area (Å²) >= 11 is 0. The van der Waals surface area contributed by atoms with Gasteiger partial charge >= 0.3 is 5.97 Å². The molecule has 7 heteroatoms. The number of nitrogens with one attached hydrogen (secondary N) is 1. The van der Waals surface area contributed by atoms with Gasteiger partial charge < -0.3 is 19.9 Å². The van der Waals surface area contributed by atoms with Gasteiger partial charge in [0.2, 0.25) is 0 Å². The lowest BCUT2D eigenvalue weighted by atomic mass is 9.88. The number of nitriles is 1. The molecule has 0 aliphatic heterocycles. The van der Waals surface area contributed by atoms with Gasteiger partial charge in [0.05, 0.1) is 12.2 Å². The lowest BCUT2D eigenvalue weighted by Gasteiger charge is -2.30. The van der Waals surface area contributed by atoms with E-state index in [1.807, 2.05) is 12.1 Å². The van der Waals surface area contributed by atoms with Crippen LogP contribution in [0.15, 0.2) is 42.5 Å². The molecule has 6 nitrogen and oxygen atoms in total. The van der Waals surface area contributed by atoms with Crippen molar-refractivity contribution in [2.45, 2.75) is 70.9 Å². The first-order valence-corrected chi connectivity index (χ1v) is 12.6. The molecule has 0 heterocycles. The van der Waals surface area contributed by atoms with Crippen LogP contribution in [-0.4, -0.2) is 42.5 Å². The number of hydrogen-bond donors (Lipinski definition) is 2. The van der Waals surface area contributed by atoms with E-state index in [1.54, 1.807) is 13.0 Å². The third-order valence-electron chi connectivity index (χ3n) is 6.52. The Labute approximate surface area is 221 Å². The van der Waals surface area contributed by atoms with Gasteiger partial charge in [0.1, 0.15) is 24.5 Å². The number of nitrogens with zero attached hydrogens (tertiary/aromatic N) is 1. The van der Waals surface area contributed by atoms with Gasteiger partial charge in [-0.2, -0.15) is 5.26 Å². The topological polar surface area (TPSA) is 91.6 Å². The van der Waals surface area contributed by atoms with Crippen LogP contribution < -0.4 is 10.1 Å². The number of rotatable bonds is 13. The zero-order valence-electron chi connectivity index (χ0n) is 21.6. The number of benzene rings is 2. The second kappa shape index (κ2) is 14.2. The number of halogens is 1. The molecule has 0 saturated heterocycles. The Kier molecular flexibility index (Phi) is 11.7. The summed E-state index contributed by atoms with van der Waals surface area (Å²) < 4.78 is 10.9. The van der Waals surface area contributed by atoms with Gasteiger partial charge in [-0.25, -0.2) is 0 Å². The number of hydrogen-bond acceptors (Lipinski definition) is 6. The average Bonchev–Trinajstić information content (AvgIpc) is 3.23. The lowest BCUT2D eigenvalue weighted by Crippen LogP contribution is -2.46. The molecule has 2 aromatic carbocycles. The summed E-state index contributed by atoms with van der Waals surface area (Å²) in [7, 11) is 0. The van der Waals surface area contributed by atoms with Gasteiger partial charge in [-0.05, 0) is 81.5 Å². The minimum Gasteiger partial charge on any atom is -0.489 e. The fourth-order valence-electron chi connectivity index (χ4n) is 4.92. The van der Waals surface area contributed by atoms with Crippen molar-refractivity contribution in [1.82, 2.24) is 5.32 Å². The number of β-amino-alcohol motifs (C(OH)–C–C–N with tert-alkyl or cyclic N) is 1. The summed E-state index contributed by atoms with van der Waals surface area (Å²) in [6, 6.07) is 16.2. The molecule has 0 fully saturated rings. The predicted molar refractivity (Wildman–Crippen MR) is 144 cm³/mol. The van der Waals surface area contributed by atoms with Crippen molar-refractivity contribution in [3.63, 3.8) is 0 Å². The summed E-state index contributed by atoms with van der Waals surface area (Å²) in [6.07, 6.45) is 4.04. The van der Waals surface area contributed by atoms with Crippen molar-refractivity contribution in [2.24, 2.45) is 5.92 Å². The van der Waals surface area contributed by atoms with Crippen LogP contribution in [0.4, 0.5) is 0 Å². The standard InChI is InChI=1S/C29H38N2O4.ClH/c1-4-34-27(33)14-8-12-22-11-7-13-25(18-30)28(22)35-20-26(32)19-31-29(2,3)17-21-15-23-9-5-6-10-24(23)16-21;/h5-7,9-11,13,21,26,31-32H,4,8,12,14-17,19-20H2,1-3H3;1H/t26-;/m1./s1. The molecule has 1 atom stereocenters. The maximum absolute atomic E-state index is 11.6. The highest BCUT2D eigenvalue weighted by atomic mass is 35.5. The summed E-state index contributed by atoms with van der Waals surface area (Å²) in [5, 5.41) is 23.6. The van der Waals surface area contributed by atoms with Gasteiger partial charge in [-0.15, -0.1) is 12.4 Å². The number of fused-ring (bicyclic) bond motifs is 1. The van der Waals surface area contributed by atoms with Crippen molar-refractivity contribution >= 4 is 18.4 Å². The molecule has 196 valence electrons. The van der Waals surface area contributed by atoms with Gasteiger partial charge in [0.15, 0.2) is 0 Å². The van der Waals surface area contributed by atoms with Crippen LogP contribution in [0.25, 0.3) is 0 Å². The van der Waals surface area contributed by atoms with Crippen LogP contribution in [0, 0.1) is 17.2 Å². The van der Waals surface area contributed by atoms with E-state index in [9.17, 15) is 15.2 Å². The number of aliphatic hydroxyl groups excluding tert-OH is 1. The first-order valence-electron chi connectivity index (χ1n) is 12.6. The predicted octanol–water partition coefficient (Wildman–Crippen LogP) is 4.78. The maximum Gasteiger partial charge on any atom is 0.305 e. The third-order valence-corrected chi connectivity index (χ3v) is 6.52. The zero-order valence-corrected chi connectivity index (χ0v) is 22.4. The highest BCUT2D eigenvalue weighted by Crippen LogP contribution is 2.32. The Morgan fingerprint density at radius 1 is 1.19 bits per heavy atom. The molecule has 2 N–H and O–H groups in total. The third kappa shape index (κ3) is 8.81. The molecule has 0 radical (unpaired) electrons. The zero-order chi connectivity index (χ0) is 25.3. The first-order chi connectivity index (χ1) is 16.8. The van der Waals surface area contributed by atoms with E-state index in [0.29, 0.717) is 49.6 Å². The molecule has 0 amide bonds. The molecule has 0 saturated carbocycles. The summed E-state index contributed by atoms with van der Waals surface area (Å²) in [5.41, 5.74) is 4.08. The molecule has 3 rings (SSSR count). The monoisotopic (exact) mass is 514 g/mol. The summed E-state index contributed by atoms with van der Waals surface area (Å²) in [5.74, 6) is 0.862. The molecular weight excluding hydrogens is 476 g/mol. The quantitative estimate of drug-likeness (QED) is 0.374. The molecule has 0 aromatic heterocycles. The maximum atomic E-state index is 11.6. The van der Waals surface area contributed by atoms with E-state index in [1.165, 1.54) is 11.1 Å². The van der Waals surface area contributed by atoms with E-state index < -0.39 is 6.10 Å². The van der Waals surface area contributed by atoms with Gasteiger partial charge in [0, 0.05) is 18.5 Å². The number of carbonyl (C=O) groups excluding carboxylic acids is 1. The van der Waals surface area contributed by atoms with Crippen LogP contribution in [0.1, 0.15) is 62.3 Å². The second-order valence-electron chi connectivity index (χ2n) is 10.0. The van der Waals surface area contributed by atoms with E-state index in [-0.39, 0.29) is 30.5 Å². The van der Waals surface area contributed by atoms with Crippen LogP contribution in [0.5, 0.6) is 5.75 Å². The minimum absolute atomic E-state index is 0. The molecular formula is C29H39ClN2O4. The number of para-hydroxylation sites is 1. The SMILES string of the molecule is CCOC(=O)CCCc1cccc(C#N)c1OC[C@H](O)CNC(C)(C)CC1Cc2ccccc2C1.Cl. The Hall–Kier alpha value is -2.59. The number of esters is 1. The van der Waals surface area contributed by atoms with Crippen molar-refractivity contribution in [3.05, 3.63) is 64.7 Å². The lowest BCUT2D eigenvalue weighted by molar-refractivity contribution is -0.143. The minimum atomic E-state index is -0.714. The number of ether oxygens (including phenoxy) is 2. The smallest absolute Gasteiger partial charge is 0.305 e. The molecule has 0 bridgehead atoms. The molecule has 1 aliphatic rings. The van der Waals surface area contributed by atoms with E-state index in [0.717, 1.165) is 24.8 Å². The Balaban J connectivity index is 0.00000456. The average molecular weight is 515 g/mol. The van der Waals surface area contributed by atoms with Gasteiger partial charge in [-0.3, -0.25) is 4.79 Å². The van der Waals surface area contributed by atoms with E-state index in [2.05, 4.69) is 49.5 Å². The summed E-state index contributed by atoms with van der Waals surface area (Å²) in [6.45, 7) is 7.00. The molecule has 2 aromatic rings. The van der Waals surface area contributed by atoms with Crippen molar-refractivity contribution in [3.8, 4) is 11.8 Å². The number of aryl methyl sites for hydroxylation is 1. The van der Waals surface area contributed by atoms with Crippen LogP contribution in [0.2, 0.25) is 0 Å². The van der Waals surface area contributed by atoms with Crippen LogP contribution >= 0.6 is 12.4 Å². The first kappa shape index (κ1) is 29.6. The molecule has 36 heavy (non-hydrogen) atoms.